The smallest absolute Gasteiger partial charge is 0.191 e. The number of benzene rings is 2. The lowest BCUT2D eigenvalue weighted by atomic mass is 10.1. The molecule has 31 heavy (non-hydrogen) atoms. The van der Waals surface area contributed by atoms with Gasteiger partial charge in [-0.3, -0.25) is 4.90 Å². The van der Waals surface area contributed by atoms with Crippen LogP contribution in [0.5, 0.6) is 5.75 Å². The molecule has 7 heteroatoms. The van der Waals surface area contributed by atoms with Crippen molar-refractivity contribution in [3.63, 3.8) is 0 Å². The van der Waals surface area contributed by atoms with E-state index in [1.807, 2.05) is 12.1 Å². The fraction of sp³-hybridized carbons (Fsp3) is 0.458. The third-order valence-corrected chi connectivity index (χ3v) is 5.11. The maximum absolute atomic E-state index is 5.64. The first-order valence-electron chi connectivity index (χ1n) is 10.7. The van der Waals surface area contributed by atoms with E-state index in [1.165, 1.54) is 16.7 Å². The van der Waals surface area contributed by atoms with E-state index in [0.29, 0.717) is 19.2 Å². The van der Waals surface area contributed by atoms with Gasteiger partial charge in [0.05, 0.1) is 26.4 Å². The van der Waals surface area contributed by atoms with E-state index in [1.54, 1.807) is 7.11 Å². The summed E-state index contributed by atoms with van der Waals surface area (Å²) in [6.45, 7) is 10.2. The maximum Gasteiger partial charge on any atom is 0.191 e. The second kappa shape index (κ2) is 13.5. The van der Waals surface area contributed by atoms with Crippen molar-refractivity contribution in [2.45, 2.75) is 39.6 Å². The molecule has 1 atom stereocenters. The topological polar surface area (TPSA) is 58.1 Å². The third kappa shape index (κ3) is 8.66. The van der Waals surface area contributed by atoms with Gasteiger partial charge in [-0.2, -0.15) is 0 Å². The van der Waals surface area contributed by atoms with Gasteiger partial charge >= 0.3 is 0 Å². The largest absolute Gasteiger partial charge is 0.497 e. The van der Waals surface area contributed by atoms with Crippen molar-refractivity contribution in [3.8, 4) is 5.75 Å². The number of halogens is 1. The number of hydrogen-bond acceptors (Lipinski definition) is 4. The van der Waals surface area contributed by atoms with Gasteiger partial charge in [0.2, 0.25) is 0 Å². The zero-order valence-corrected chi connectivity index (χ0v) is 21.1. The predicted molar refractivity (Wildman–Crippen MR) is 137 cm³/mol. The first kappa shape index (κ1) is 25.4. The highest BCUT2D eigenvalue weighted by molar-refractivity contribution is 14.0. The van der Waals surface area contributed by atoms with Gasteiger partial charge in [-0.1, -0.05) is 36.4 Å². The fourth-order valence-corrected chi connectivity index (χ4v) is 3.56. The summed E-state index contributed by atoms with van der Waals surface area (Å²) in [6, 6.07) is 16.8. The highest BCUT2D eigenvalue weighted by Crippen LogP contribution is 2.13. The lowest BCUT2D eigenvalue weighted by molar-refractivity contribution is -0.0212. The number of guanidine groups is 1. The molecule has 0 aromatic heterocycles. The standard InChI is InChI=1S/C24H34N4O2.HI/c1-4-25-24(26-15-20-8-10-23(29-3)11-9-20)27-16-21-6-5-7-22(14-21)18-28-12-13-30-19(2)17-28;/h5-11,14,19H,4,12-13,15-18H2,1-3H3,(H2,25,26,27);1H. The minimum absolute atomic E-state index is 0. The first-order valence-corrected chi connectivity index (χ1v) is 10.7. The molecule has 1 aliphatic heterocycles. The molecule has 0 amide bonds. The molecule has 0 aliphatic carbocycles. The van der Waals surface area contributed by atoms with Gasteiger partial charge in [-0.15, -0.1) is 24.0 Å². The van der Waals surface area contributed by atoms with Gasteiger partial charge in [-0.25, -0.2) is 4.99 Å². The molecule has 170 valence electrons. The summed E-state index contributed by atoms with van der Waals surface area (Å²) in [5.74, 6) is 1.69. The minimum atomic E-state index is 0. The van der Waals surface area contributed by atoms with Gasteiger partial charge < -0.3 is 20.1 Å². The number of nitrogens with one attached hydrogen (secondary N) is 2. The van der Waals surface area contributed by atoms with E-state index >= 15 is 0 Å². The molecule has 3 rings (SSSR count). The fourth-order valence-electron chi connectivity index (χ4n) is 3.56. The van der Waals surface area contributed by atoms with Crippen LogP contribution in [-0.2, 0) is 24.4 Å². The quantitative estimate of drug-likeness (QED) is 0.305. The summed E-state index contributed by atoms with van der Waals surface area (Å²) in [6.07, 6.45) is 0.311. The van der Waals surface area contributed by atoms with Crippen LogP contribution >= 0.6 is 24.0 Å². The number of methoxy groups -OCH3 is 1. The maximum atomic E-state index is 5.64. The van der Waals surface area contributed by atoms with Crippen LogP contribution in [0.3, 0.4) is 0 Å². The van der Waals surface area contributed by atoms with Crippen molar-refractivity contribution in [3.05, 3.63) is 65.2 Å². The summed E-state index contributed by atoms with van der Waals surface area (Å²) < 4.78 is 10.9. The second-order valence-electron chi connectivity index (χ2n) is 7.63. The zero-order valence-electron chi connectivity index (χ0n) is 18.8. The van der Waals surface area contributed by atoms with Crippen LogP contribution in [0.2, 0.25) is 0 Å². The Morgan fingerprint density at radius 3 is 2.61 bits per heavy atom. The van der Waals surface area contributed by atoms with E-state index in [4.69, 9.17) is 14.5 Å². The number of hydrogen-bond donors (Lipinski definition) is 2. The molecule has 6 nitrogen and oxygen atoms in total. The molecule has 0 radical (unpaired) electrons. The number of nitrogens with zero attached hydrogens (tertiary/aromatic N) is 2. The highest BCUT2D eigenvalue weighted by atomic mass is 127. The summed E-state index contributed by atoms with van der Waals surface area (Å²) in [5.41, 5.74) is 3.73. The summed E-state index contributed by atoms with van der Waals surface area (Å²) in [4.78, 5) is 7.22. The van der Waals surface area contributed by atoms with Crippen molar-refractivity contribution in [2.75, 3.05) is 33.4 Å². The van der Waals surface area contributed by atoms with Crippen LogP contribution in [0.25, 0.3) is 0 Å². The molecule has 1 heterocycles. The molecule has 1 saturated heterocycles. The Morgan fingerprint density at radius 2 is 1.90 bits per heavy atom. The number of rotatable bonds is 8. The van der Waals surface area contributed by atoms with E-state index in [2.05, 4.69) is 65.8 Å². The Kier molecular flexibility index (Phi) is 11.1. The number of morpholine rings is 1. The van der Waals surface area contributed by atoms with Crippen molar-refractivity contribution < 1.29 is 9.47 Å². The Balaban J connectivity index is 0.00000341. The summed E-state index contributed by atoms with van der Waals surface area (Å²) in [5, 5.41) is 6.73. The molecular weight excluding hydrogens is 503 g/mol. The van der Waals surface area contributed by atoms with E-state index < -0.39 is 0 Å². The zero-order chi connectivity index (χ0) is 21.2. The Hall–Kier alpha value is -1.84. The van der Waals surface area contributed by atoms with Crippen molar-refractivity contribution in [1.29, 1.82) is 0 Å². The lowest BCUT2D eigenvalue weighted by Crippen LogP contribution is -2.40. The van der Waals surface area contributed by atoms with Crippen LogP contribution in [0.15, 0.2) is 53.5 Å². The van der Waals surface area contributed by atoms with Crippen molar-refractivity contribution in [1.82, 2.24) is 15.5 Å². The average molecular weight is 538 g/mol. The molecule has 1 unspecified atom stereocenters. The van der Waals surface area contributed by atoms with Gasteiger partial charge in [0.15, 0.2) is 5.96 Å². The molecule has 1 fully saturated rings. The van der Waals surface area contributed by atoms with E-state index in [-0.39, 0.29) is 24.0 Å². The predicted octanol–water partition coefficient (Wildman–Crippen LogP) is 3.79. The van der Waals surface area contributed by atoms with Gasteiger partial charge in [0, 0.05) is 32.7 Å². The monoisotopic (exact) mass is 538 g/mol. The molecule has 2 N–H and O–H groups in total. The average Bonchev–Trinajstić information content (AvgIpc) is 2.76. The lowest BCUT2D eigenvalue weighted by Gasteiger charge is -2.31. The molecule has 0 saturated carbocycles. The highest BCUT2D eigenvalue weighted by Gasteiger charge is 2.16. The Bertz CT molecular complexity index is 813. The Morgan fingerprint density at radius 1 is 1.13 bits per heavy atom. The van der Waals surface area contributed by atoms with Gasteiger partial charge in [-0.05, 0) is 42.7 Å². The van der Waals surface area contributed by atoms with Crippen molar-refractivity contribution >= 4 is 29.9 Å². The van der Waals surface area contributed by atoms with Crippen molar-refractivity contribution in [2.24, 2.45) is 4.99 Å². The van der Waals surface area contributed by atoms with E-state index in [9.17, 15) is 0 Å². The van der Waals surface area contributed by atoms with Crippen LogP contribution in [0, 0.1) is 0 Å². The molecular formula is C24H35IN4O2. The summed E-state index contributed by atoms with van der Waals surface area (Å²) in [7, 11) is 1.68. The SMILES string of the molecule is CCNC(=NCc1cccc(CN2CCOC(C)C2)c1)NCc1ccc(OC)cc1.I. The minimum Gasteiger partial charge on any atom is -0.497 e. The van der Waals surface area contributed by atoms with Crippen LogP contribution in [-0.4, -0.2) is 50.3 Å². The Labute approximate surface area is 203 Å². The first-order chi connectivity index (χ1) is 14.7. The van der Waals surface area contributed by atoms with Crippen LogP contribution in [0.1, 0.15) is 30.5 Å². The third-order valence-electron chi connectivity index (χ3n) is 5.11. The van der Waals surface area contributed by atoms with Gasteiger partial charge in [0.1, 0.15) is 5.75 Å². The van der Waals surface area contributed by atoms with Gasteiger partial charge in [0.25, 0.3) is 0 Å². The molecule has 1 aliphatic rings. The number of aliphatic imine (C=N–C) groups is 1. The van der Waals surface area contributed by atoms with Crippen LogP contribution < -0.4 is 15.4 Å². The second-order valence-corrected chi connectivity index (χ2v) is 7.63. The van der Waals surface area contributed by atoms with Crippen LogP contribution in [0.4, 0.5) is 0 Å². The molecule has 0 spiro atoms. The van der Waals surface area contributed by atoms with E-state index in [0.717, 1.165) is 44.5 Å². The molecule has 2 aromatic rings. The summed E-state index contributed by atoms with van der Waals surface area (Å²) >= 11 is 0. The number of ether oxygens (including phenoxy) is 2. The molecule has 0 bridgehead atoms. The normalized spacial score (nSPS) is 17.0. The molecule has 2 aromatic carbocycles.